The van der Waals surface area contributed by atoms with Crippen LogP contribution < -0.4 is 5.32 Å². The largest absolute Gasteiger partial charge is 0.326 e. The van der Waals surface area contributed by atoms with Gasteiger partial charge in [0.25, 0.3) is 0 Å². The second-order valence-electron chi connectivity index (χ2n) is 3.91. The van der Waals surface area contributed by atoms with E-state index in [1.54, 1.807) is 0 Å². The number of nitrogens with one attached hydrogen (secondary N) is 1. The molecule has 0 fully saturated rings. The second kappa shape index (κ2) is 8.70. The summed E-state index contributed by atoms with van der Waals surface area (Å²) in [7, 11) is 0. The molecule has 1 N–H and O–H groups in total. The Hall–Kier alpha value is -0.350. The summed E-state index contributed by atoms with van der Waals surface area (Å²) in [6.45, 7) is 0. The summed E-state index contributed by atoms with van der Waals surface area (Å²) in [6.07, 6.45) is 5.07. The third kappa shape index (κ3) is 6.84. The van der Waals surface area contributed by atoms with E-state index in [0.717, 1.165) is 28.3 Å². The van der Waals surface area contributed by atoms with Gasteiger partial charge in [0.1, 0.15) is 0 Å². The van der Waals surface area contributed by atoms with Crippen molar-refractivity contribution in [1.82, 2.24) is 0 Å². The number of amides is 1. The summed E-state index contributed by atoms with van der Waals surface area (Å²) in [4.78, 5) is 11.6. The molecular weight excluding hydrogens is 346 g/mol. The number of carbonyl (C=O) groups excluding carboxylic acids is 1. The summed E-state index contributed by atoms with van der Waals surface area (Å²) in [5.74, 6) is 0.0990. The summed E-state index contributed by atoms with van der Waals surface area (Å²) in [6, 6.07) is 7.65. The minimum Gasteiger partial charge on any atom is -0.326 e. The van der Waals surface area contributed by atoms with Crippen molar-refractivity contribution in [3.63, 3.8) is 0 Å². The van der Waals surface area contributed by atoms with Crippen LogP contribution in [0.1, 0.15) is 32.1 Å². The molecule has 4 heteroatoms. The van der Waals surface area contributed by atoms with E-state index in [-0.39, 0.29) is 5.91 Å². The van der Waals surface area contributed by atoms with Gasteiger partial charge >= 0.3 is 0 Å². The van der Waals surface area contributed by atoms with Crippen molar-refractivity contribution in [2.75, 3.05) is 10.6 Å². The van der Waals surface area contributed by atoms with E-state index in [1.807, 2.05) is 24.3 Å². The van der Waals surface area contributed by atoms with E-state index >= 15 is 0 Å². The maximum atomic E-state index is 11.6. The standard InChI is InChI=1S/C13H17Br2NO/c14-9-4-2-1-3-8-13(17)16-12-7-5-6-11(15)10-12/h5-7,10H,1-4,8-9H2,(H,16,17). The highest BCUT2D eigenvalue weighted by atomic mass is 79.9. The Morgan fingerprint density at radius 1 is 1.18 bits per heavy atom. The van der Waals surface area contributed by atoms with Crippen molar-refractivity contribution in [1.29, 1.82) is 0 Å². The maximum Gasteiger partial charge on any atom is 0.224 e. The van der Waals surface area contributed by atoms with Gasteiger partial charge in [0.2, 0.25) is 5.91 Å². The van der Waals surface area contributed by atoms with Crippen LogP contribution in [0.4, 0.5) is 5.69 Å². The molecule has 0 aliphatic carbocycles. The summed E-state index contributed by atoms with van der Waals surface area (Å²) < 4.78 is 0.979. The fourth-order valence-electron chi connectivity index (χ4n) is 1.52. The lowest BCUT2D eigenvalue weighted by atomic mass is 10.1. The van der Waals surface area contributed by atoms with Gasteiger partial charge in [-0.25, -0.2) is 0 Å². The molecule has 2 nitrogen and oxygen atoms in total. The summed E-state index contributed by atoms with van der Waals surface area (Å²) in [5, 5.41) is 3.95. The van der Waals surface area contributed by atoms with Gasteiger partial charge in [0, 0.05) is 21.9 Å². The van der Waals surface area contributed by atoms with Gasteiger partial charge in [0.05, 0.1) is 0 Å². The van der Waals surface area contributed by atoms with Gasteiger partial charge in [0.15, 0.2) is 0 Å². The quantitative estimate of drug-likeness (QED) is 0.551. The maximum absolute atomic E-state index is 11.6. The van der Waals surface area contributed by atoms with Crippen LogP contribution in [-0.4, -0.2) is 11.2 Å². The smallest absolute Gasteiger partial charge is 0.224 e. The zero-order valence-electron chi connectivity index (χ0n) is 9.72. The number of anilines is 1. The number of hydrogen-bond acceptors (Lipinski definition) is 1. The van der Waals surface area contributed by atoms with Crippen LogP contribution in [0.2, 0.25) is 0 Å². The number of hydrogen-bond donors (Lipinski definition) is 1. The van der Waals surface area contributed by atoms with Crippen molar-refractivity contribution >= 4 is 43.5 Å². The molecule has 0 bridgehead atoms. The topological polar surface area (TPSA) is 29.1 Å². The molecule has 17 heavy (non-hydrogen) atoms. The molecule has 0 aliphatic rings. The Balaban J connectivity index is 2.21. The van der Waals surface area contributed by atoms with Crippen LogP contribution in [0, 0.1) is 0 Å². The Bertz CT molecular complexity index is 355. The highest BCUT2D eigenvalue weighted by Crippen LogP contribution is 2.16. The molecule has 1 amide bonds. The first kappa shape index (κ1) is 14.7. The number of unbranched alkanes of at least 4 members (excludes halogenated alkanes) is 3. The Kier molecular flexibility index (Phi) is 7.53. The van der Waals surface area contributed by atoms with E-state index < -0.39 is 0 Å². The number of benzene rings is 1. The molecule has 0 atom stereocenters. The number of rotatable bonds is 7. The molecule has 0 saturated heterocycles. The summed E-state index contributed by atoms with van der Waals surface area (Å²) in [5.41, 5.74) is 0.852. The van der Waals surface area contributed by atoms with Crippen molar-refractivity contribution in [2.24, 2.45) is 0 Å². The van der Waals surface area contributed by atoms with Crippen LogP contribution >= 0.6 is 31.9 Å². The lowest BCUT2D eigenvalue weighted by molar-refractivity contribution is -0.116. The van der Waals surface area contributed by atoms with Crippen LogP contribution in [0.3, 0.4) is 0 Å². The second-order valence-corrected chi connectivity index (χ2v) is 5.62. The monoisotopic (exact) mass is 361 g/mol. The predicted molar refractivity (Wildman–Crippen MR) is 79.7 cm³/mol. The van der Waals surface area contributed by atoms with Gasteiger partial charge in [-0.15, -0.1) is 0 Å². The first-order valence-electron chi connectivity index (χ1n) is 5.84. The van der Waals surface area contributed by atoms with Crippen molar-refractivity contribution in [3.8, 4) is 0 Å². The highest BCUT2D eigenvalue weighted by Gasteiger charge is 2.02. The molecule has 1 aromatic carbocycles. The van der Waals surface area contributed by atoms with Crippen molar-refractivity contribution < 1.29 is 4.79 Å². The molecule has 94 valence electrons. The zero-order chi connectivity index (χ0) is 12.5. The predicted octanol–water partition coefficient (Wildman–Crippen LogP) is 4.73. The van der Waals surface area contributed by atoms with Gasteiger partial charge in [-0.05, 0) is 31.0 Å². The molecule has 0 aromatic heterocycles. The highest BCUT2D eigenvalue weighted by molar-refractivity contribution is 9.10. The van der Waals surface area contributed by atoms with Crippen LogP contribution in [-0.2, 0) is 4.79 Å². The van der Waals surface area contributed by atoms with Crippen molar-refractivity contribution in [3.05, 3.63) is 28.7 Å². The number of carbonyl (C=O) groups is 1. The minimum absolute atomic E-state index is 0.0990. The fourth-order valence-corrected chi connectivity index (χ4v) is 2.32. The van der Waals surface area contributed by atoms with E-state index in [4.69, 9.17) is 0 Å². The molecule has 0 radical (unpaired) electrons. The van der Waals surface area contributed by atoms with Gasteiger partial charge < -0.3 is 5.32 Å². The lowest BCUT2D eigenvalue weighted by Crippen LogP contribution is -2.10. The van der Waals surface area contributed by atoms with E-state index in [1.165, 1.54) is 12.8 Å². The summed E-state index contributed by atoms with van der Waals surface area (Å²) >= 11 is 6.78. The van der Waals surface area contributed by atoms with E-state index in [0.29, 0.717) is 6.42 Å². The Morgan fingerprint density at radius 2 is 1.94 bits per heavy atom. The first-order valence-corrected chi connectivity index (χ1v) is 7.75. The molecule has 0 heterocycles. The molecule has 0 saturated carbocycles. The molecule has 0 unspecified atom stereocenters. The number of halogens is 2. The Morgan fingerprint density at radius 3 is 2.65 bits per heavy atom. The average Bonchev–Trinajstić information content (AvgIpc) is 2.29. The third-order valence-electron chi connectivity index (χ3n) is 2.40. The van der Waals surface area contributed by atoms with Crippen LogP contribution in [0.5, 0.6) is 0 Å². The van der Waals surface area contributed by atoms with E-state index in [9.17, 15) is 4.79 Å². The SMILES string of the molecule is O=C(CCCCCCBr)Nc1cccc(Br)c1. The zero-order valence-corrected chi connectivity index (χ0v) is 12.9. The molecule has 0 spiro atoms. The molecule has 1 rings (SSSR count). The normalized spacial score (nSPS) is 10.2. The number of alkyl halides is 1. The molecular formula is C13H17Br2NO. The van der Waals surface area contributed by atoms with Gasteiger partial charge in [-0.2, -0.15) is 0 Å². The van der Waals surface area contributed by atoms with Gasteiger partial charge in [-0.1, -0.05) is 50.8 Å². The minimum atomic E-state index is 0.0990. The lowest BCUT2D eigenvalue weighted by Gasteiger charge is -2.05. The van der Waals surface area contributed by atoms with Gasteiger partial charge in [-0.3, -0.25) is 4.79 Å². The molecule has 1 aromatic rings. The third-order valence-corrected chi connectivity index (χ3v) is 3.45. The van der Waals surface area contributed by atoms with Crippen LogP contribution in [0.15, 0.2) is 28.7 Å². The van der Waals surface area contributed by atoms with E-state index in [2.05, 4.69) is 37.2 Å². The van der Waals surface area contributed by atoms with Crippen molar-refractivity contribution in [2.45, 2.75) is 32.1 Å². The first-order chi connectivity index (χ1) is 8.22. The fraction of sp³-hybridized carbons (Fsp3) is 0.462. The molecule has 0 aliphatic heterocycles. The Labute approximate surface area is 119 Å². The average molecular weight is 363 g/mol. The van der Waals surface area contributed by atoms with Crippen LogP contribution in [0.25, 0.3) is 0 Å².